The molecule has 0 amide bonds. The summed E-state index contributed by atoms with van der Waals surface area (Å²) >= 11 is 3.52. The average Bonchev–Trinajstić information content (AvgIpc) is 2.38. The van der Waals surface area contributed by atoms with Crippen LogP contribution in [0.15, 0.2) is 22.7 Å². The van der Waals surface area contributed by atoms with Crippen molar-refractivity contribution in [1.82, 2.24) is 4.90 Å². The third kappa shape index (κ3) is 4.79. The van der Waals surface area contributed by atoms with Crippen molar-refractivity contribution >= 4 is 15.9 Å². The highest BCUT2D eigenvalue weighted by molar-refractivity contribution is 9.10. The summed E-state index contributed by atoms with van der Waals surface area (Å²) in [7, 11) is 4.15. The van der Waals surface area contributed by atoms with Crippen molar-refractivity contribution in [2.75, 3.05) is 33.9 Å². The molecule has 0 atom stereocenters. The fourth-order valence-corrected chi connectivity index (χ4v) is 2.68. The summed E-state index contributed by atoms with van der Waals surface area (Å²) in [6.07, 6.45) is 2.22. The van der Waals surface area contributed by atoms with Crippen LogP contribution in [0.4, 0.5) is 0 Å². The minimum Gasteiger partial charge on any atom is -0.493 e. The maximum Gasteiger partial charge on any atom is 0.123 e. The van der Waals surface area contributed by atoms with Crippen LogP contribution in [0.2, 0.25) is 0 Å². The lowest BCUT2D eigenvalue weighted by molar-refractivity contribution is 0.0495. The Hall–Kier alpha value is -0.580. The largest absolute Gasteiger partial charge is 0.493 e. The molecule has 0 radical (unpaired) electrons. The Morgan fingerprint density at radius 1 is 1.32 bits per heavy atom. The molecule has 0 aromatic heterocycles. The molecule has 0 N–H and O–H groups in total. The molecule has 1 aliphatic rings. The van der Waals surface area contributed by atoms with Gasteiger partial charge in [0.05, 0.1) is 6.61 Å². The molecule has 1 aromatic rings. The first kappa shape index (κ1) is 14.8. The number of nitrogens with zero attached hydrogens (tertiary/aromatic N) is 1. The van der Waals surface area contributed by atoms with Gasteiger partial charge in [0, 0.05) is 29.8 Å². The molecule has 1 aromatic carbocycles. The number of halogens is 1. The van der Waals surface area contributed by atoms with E-state index in [9.17, 15) is 0 Å². The number of ether oxygens (including phenoxy) is 2. The average molecular weight is 328 g/mol. The standard InChI is InChI=1S/C15H22BrNO2/c1-17(2)10-13-9-14(16)3-4-15(13)19-11-12-5-7-18-8-6-12/h3-4,9,12H,5-8,10-11H2,1-2H3. The van der Waals surface area contributed by atoms with Crippen molar-refractivity contribution in [3.05, 3.63) is 28.2 Å². The van der Waals surface area contributed by atoms with E-state index in [0.717, 1.165) is 49.4 Å². The zero-order valence-electron chi connectivity index (χ0n) is 11.7. The van der Waals surface area contributed by atoms with E-state index in [0.29, 0.717) is 5.92 Å². The zero-order valence-corrected chi connectivity index (χ0v) is 13.3. The Morgan fingerprint density at radius 3 is 2.74 bits per heavy atom. The fourth-order valence-electron chi connectivity index (χ4n) is 2.27. The summed E-state index contributed by atoms with van der Waals surface area (Å²) in [4.78, 5) is 2.16. The first-order valence-electron chi connectivity index (χ1n) is 6.79. The Kier molecular flexibility index (Phi) is 5.67. The summed E-state index contributed by atoms with van der Waals surface area (Å²) in [5, 5.41) is 0. The summed E-state index contributed by atoms with van der Waals surface area (Å²) in [6, 6.07) is 6.24. The predicted octanol–water partition coefficient (Wildman–Crippen LogP) is 3.32. The lowest BCUT2D eigenvalue weighted by atomic mass is 10.0. The zero-order chi connectivity index (χ0) is 13.7. The van der Waals surface area contributed by atoms with Gasteiger partial charge in [-0.1, -0.05) is 15.9 Å². The van der Waals surface area contributed by atoms with E-state index in [1.807, 2.05) is 6.07 Å². The van der Waals surface area contributed by atoms with Crippen molar-refractivity contribution in [1.29, 1.82) is 0 Å². The van der Waals surface area contributed by atoms with Gasteiger partial charge in [0.2, 0.25) is 0 Å². The highest BCUT2D eigenvalue weighted by Crippen LogP contribution is 2.25. The minimum absolute atomic E-state index is 0.629. The normalized spacial score (nSPS) is 16.8. The van der Waals surface area contributed by atoms with Crippen LogP contribution >= 0.6 is 15.9 Å². The number of hydrogen-bond donors (Lipinski definition) is 0. The van der Waals surface area contributed by atoms with Gasteiger partial charge >= 0.3 is 0 Å². The minimum atomic E-state index is 0.629. The molecule has 1 saturated heterocycles. The number of benzene rings is 1. The van der Waals surface area contributed by atoms with Crippen LogP contribution in [0.1, 0.15) is 18.4 Å². The van der Waals surface area contributed by atoms with E-state index in [1.165, 1.54) is 5.56 Å². The molecule has 106 valence electrons. The van der Waals surface area contributed by atoms with E-state index in [4.69, 9.17) is 9.47 Å². The molecule has 0 aliphatic carbocycles. The van der Waals surface area contributed by atoms with E-state index < -0.39 is 0 Å². The fraction of sp³-hybridized carbons (Fsp3) is 0.600. The number of hydrogen-bond acceptors (Lipinski definition) is 3. The molecule has 4 heteroatoms. The molecular formula is C15H22BrNO2. The van der Waals surface area contributed by atoms with Crippen LogP contribution in [0.25, 0.3) is 0 Å². The van der Waals surface area contributed by atoms with E-state index >= 15 is 0 Å². The third-order valence-electron chi connectivity index (χ3n) is 3.32. The maximum absolute atomic E-state index is 6.03. The molecule has 1 heterocycles. The van der Waals surface area contributed by atoms with Crippen molar-refractivity contribution in [3.63, 3.8) is 0 Å². The van der Waals surface area contributed by atoms with Crippen LogP contribution in [0.5, 0.6) is 5.75 Å². The molecule has 0 saturated carbocycles. The Balaban J connectivity index is 1.97. The Labute approximate surface area is 124 Å². The van der Waals surface area contributed by atoms with Gasteiger partial charge in [-0.05, 0) is 51.1 Å². The van der Waals surface area contributed by atoms with Crippen LogP contribution < -0.4 is 4.74 Å². The van der Waals surface area contributed by atoms with Crippen molar-refractivity contribution in [2.24, 2.45) is 5.92 Å². The molecule has 19 heavy (non-hydrogen) atoms. The van der Waals surface area contributed by atoms with Gasteiger partial charge in [-0.15, -0.1) is 0 Å². The smallest absolute Gasteiger partial charge is 0.123 e. The highest BCUT2D eigenvalue weighted by atomic mass is 79.9. The van der Waals surface area contributed by atoms with Gasteiger partial charge in [0.1, 0.15) is 5.75 Å². The molecule has 0 unspecified atom stereocenters. The second-order valence-electron chi connectivity index (χ2n) is 5.36. The van der Waals surface area contributed by atoms with Gasteiger partial charge in [-0.3, -0.25) is 0 Å². The first-order valence-corrected chi connectivity index (χ1v) is 7.58. The monoisotopic (exact) mass is 327 g/mol. The SMILES string of the molecule is CN(C)Cc1cc(Br)ccc1OCC1CCOCC1. The number of rotatable bonds is 5. The first-order chi connectivity index (χ1) is 9.15. The van der Waals surface area contributed by atoms with Crippen LogP contribution in [-0.2, 0) is 11.3 Å². The molecule has 2 rings (SSSR count). The van der Waals surface area contributed by atoms with Gasteiger partial charge in [-0.25, -0.2) is 0 Å². The predicted molar refractivity (Wildman–Crippen MR) is 80.6 cm³/mol. The van der Waals surface area contributed by atoms with Crippen molar-refractivity contribution in [2.45, 2.75) is 19.4 Å². The molecule has 0 bridgehead atoms. The van der Waals surface area contributed by atoms with Crippen LogP contribution in [-0.4, -0.2) is 38.8 Å². The lowest BCUT2D eigenvalue weighted by Crippen LogP contribution is -2.22. The summed E-state index contributed by atoms with van der Waals surface area (Å²) in [6.45, 7) is 3.44. The summed E-state index contributed by atoms with van der Waals surface area (Å²) < 4.78 is 12.5. The summed E-state index contributed by atoms with van der Waals surface area (Å²) in [5.41, 5.74) is 1.23. The Morgan fingerprint density at radius 2 is 2.05 bits per heavy atom. The van der Waals surface area contributed by atoms with Crippen LogP contribution in [0, 0.1) is 5.92 Å². The quantitative estimate of drug-likeness (QED) is 0.828. The molecule has 0 spiro atoms. The molecule has 1 aliphatic heterocycles. The van der Waals surface area contributed by atoms with E-state index in [2.05, 4.69) is 47.1 Å². The van der Waals surface area contributed by atoms with Gasteiger partial charge in [-0.2, -0.15) is 0 Å². The Bertz CT molecular complexity index is 403. The van der Waals surface area contributed by atoms with Crippen LogP contribution in [0.3, 0.4) is 0 Å². The highest BCUT2D eigenvalue weighted by Gasteiger charge is 2.15. The van der Waals surface area contributed by atoms with Gasteiger partial charge < -0.3 is 14.4 Å². The molecule has 1 fully saturated rings. The topological polar surface area (TPSA) is 21.7 Å². The lowest BCUT2D eigenvalue weighted by Gasteiger charge is -2.23. The van der Waals surface area contributed by atoms with Gasteiger partial charge in [0.15, 0.2) is 0 Å². The second kappa shape index (κ2) is 7.27. The molecule has 3 nitrogen and oxygen atoms in total. The van der Waals surface area contributed by atoms with Crippen molar-refractivity contribution in [3.8, 4) is 5.75 Å². The van der Waals surface area contributed by atoms with Gasteiger partial charge in [0.25, 0.3) is 0 Å². The summed E-state index contributed by atoms with van der Waals surface area (Å²) in [5.74, 6) is 1.63. The maximum atomic E-state index is 6.03. The third-order valence-corrected chi connectivity index (χ3v) is 3.82. The van der Waals surface area contributed by atoms with E-state index in [1.54, 1.807) is 0 Å². The second-order valence-corrected chi connectivity index (χ2v) is 6.27. The molecular weight excluding hydrogens is 306 g/mol. The van der Waals surface area contributed by atoms with Crippen molar-refractivity contribution < 1.29 is 9.47 Å². The van der Waals surface area contributed by atoms with E-state index in [-0.39, 0.29) is 0 Å².